The smallest absolute Gasteiger partial charge is 0.255 e. The molecule has 1 aromatic heterocycles. The van der Waals surface area contributed by atoms with Crippen LogP contribution in [0.25, 0.3) is 0 Å². The van der Waals surface area contributed by atoms with Crippen molar-refractivity contribution in [2.45, 2.75) is 26.3 Å². The number of benzene rings is 1. The van der Waals surface area contributed by atoms with Crippen molar-refractivity contribution < 1.29 is 13.2 Å². The highest BCUT2D eigenvalue weighted by Crippen LogP contribution is 2.23. The fraction of sp³-hybridized carbons (Fsp3) is 0.368. The van der Waals surface area contributed by atoms with E-state index in [4.69, 9.17) is 0 Å². The first-order valence-corrected chi connectivity index (χ1v) is 10.5. The molecule has 0 saturated carbocycles. The van der Waals surface area contributed by atoms with Gasteiger partial charge in [0.05, 0.1) is 23.4 Å². The highest BCUT2D eigenvalue weighted by molar-refractivity contribution is 7.91. The fourth-order valence-corrected chi connectivity index (χ4v) is 4.90. The van der Waals surface area contributed by atoms with Gasteiger partial charge in [0.1, 0.15) is 5.82 Å². The minimum absolute atomic E-state index is 0.0366. The maximum absolute atomic E-state index is 12.3. The van der Waals surface area contributed by atoms with Gasteiger partial charge in [-0.2, -0.15) is 0 Å². The molecule has 1 aliphatic rings. The van der Waals surface area contributed by atoms with Gasteiger partial charge in [-0.1, -0.05) is 17.7 Å². The average molecular weight is 373 g/mol. The van der Waals surface area contributed by atoms with E-state index in [1.165, 1.54) is 0 Å². The molecule has 6 nitrogen and oxygen atoms in total. The minimum Gasteiger partial charge on any atom is -0.353 e. The lowest BCUT2D eigenvalue weighted by molar-refractivity contribution is 0.102. The molecule has 0 radical (unpaired) electrons. The lowest BCUT2D eigenvalue weighted by Crippen LogP contribution is -2.36. The van der Waals surface area contributed by atoms with E-state index in [-0.39, 0.29) is 23.5 Å². The van der Waals surface area contributed by atoms with Crippen LogP contribution in [-0.2, 0) is 9.84 Å². The van der Waals surface area contributed by atoms with Crippen LogP contribution in [0.4, 0.5) is 11.5 Å². The van der Waals surface area contributed by atoms with Gasteiger partial charge >= 0.3 is 0 Å². The van der Waals surface area contributed by atoms with Crippen molar-refractivity contribution in [3.05, 3.63) is 53.7 Å². The molecule has 0 spiro atoms. The van der Waals surface area contributed by atoms with Crippen molar-refractivity contribution in [3.63, 3.8) is 0 Å². The van der Waals surface area contributed by atoms with E-state index in [1.54, 1.807) is 24.4 Å². The molecule has 1 aliphatic heterocycles. The summed E-state index contributed by atoms with van der Waals surface area (Å²) in [6, 6.07) is 10.9. The Kier molecular flexibility index (Phi) is 5.27. The third-order valence-electron chi connectivity index (χ3n) is 4.60. The van der Waals surface area contributed by atoms with Crippen LogP contribution in [0.3, 0.4) is 0 Å². The highest BCUT2D eigenvalue weighted by Gasteiger charge is 2.32. The predicted molar refractivity (Wildman–Crippen MR) is 103 cm³/mol. The number of aryl methyl sites for hydroxylation is 1. The molecule has 2 heterocycles. The monoisotopic (exact) mass is 373 g/mol. The van der Waals surface area contributed by atoms with E-state index < -0.39 is 9.84 Å². The summed E-state index contributed by atoms with van der Waals surface area (Å²) < 4.78 is 23.5. The summed E-state index contributed by atoms with van der Waals surface area (Å²) in [7, 11) is -2.94. The molecular weight excluding hydrogens is 350 g/mol. The molecule has 1 N–H and O–H groups in total. The van der Waals surface area contributed by atoms with E-state index in [0.717, 1.165) is 11.4 Å². The van der Waals surface area contributed by atoms with Crippen molar-refractivity contribution in [2.75, 3.05) is 28.3 Å². The number of amides is 1. The Labute approximate surface area is 154 Å². The molecule has 0 bridgehead atoms. The van der Waals surface area contributed by atoms with Crippen molar-refractivity contribution in [1.29, 1.82) is 0 Å². The number of aromatic nitrogens is 1. The van der Waals surface area contributed by atoms with Gasteiger partial charge in [-0.25, -0.2) is 13.4 Å². The van der Waals surface area contributed by atoms with E-state index in [1.807, 2.05) is 36.9 Å². The number of nitrogens with zero attached hydrogens (tertiary/aromatic N) is 2. The van der Waals surface area contributed by atoms with Gasteiger partial charge in [0, 0.05) is 18.2 Å². The molecule has 1 aromatic carbocycles. The average Bonchev–Trinajstić information content (AvgIpc) is 2.97. The Morgan fingerprint density at radius 2 is 1.96 bits per heavy atom. The lowest BCUT2D eigenvalue weighted by atomic mass is 10.1. The predicted octanol–water partition coefficient (Wildman–Crippen LogP) is 2.66. The highest BCUT2D eigenvalue weighted by atomic mass is 32.2. The summed E-state index contributed by atoms with van der Waals surface area (Å²) in [5, 5.41) is 2.83. The number of carbonyl (C=O) groups excluding carboxylic acids is 1. The first-order valence-electron chi connectivity index (χ1n) is 8.69. The maximum Gasteiger partial charge on any atom is 0.255 e. The molecule has 7 heteroatoms. The summed E-state index contributed by atoms with van der Waals surface area (Å²) in [6.45, 7) is 4.64. The largest absolute Gasteiger partial charge is 0.353 e. The number of anilines is 2. The number of nitrogens with one attached hydrogen (secondary N) is 1. The number of sulfone groups is 1. The second-order valence-electron chi connectivity index (χ2n) is 6.57. The van der Waals surface area contributed by atoms with Gasteiger partial charge in [0.2, 0.25) is 0 Å². The van der Waals surface area contributed by atoms with E-state index >= 15 is 0 Å². The second kappa shape index (κ2) is 7.45. The fourth-order valence-electron chi connectivity index (χ4n) is 3.17. The van der Waals surface area contributed by atoms with Crippen LogP contribution in [0.1, 0.15) is 29.3 Å². The quantitative estimate of drug-likeness (QED) is 0.872. The maximum atomic E-state index is 12.3. The van der Waals surface area contributed by atoms with Gasteiger partial charge in [-0.15, -0.1) is 0 Å². The molecule has 1 saturated heterocycles. The second-order valence-corrected chi connectivity index (χ2v) is 8.80. The SMILES string of the molecule is CCN(c1ccc(NC(=O)c2ccc(C)cc2)cn1)C1CCS(=O)(=O)C1. The van der Waals surface area contributed by atoms with E-state index in [0.29, 0.717) is 24.2 Å². The van der Waals surface area contributed by atoms with Crippen LogP contribution in [0, 0.1) is 6.92 Å². The first-order chi connectivity index (χ1) is 12.4. The van der Waals surface area contributed by atoms with Crippen LogP contribution in [0.15, 0.2) is 42.6 Å². The lowest BCUT2D eigenvalue weighted by Gasteiger charge is -2.28. The van der Waals surface area contributed by atoms with Crippen molar-refractivity contribution >= 4 is 27.2 Å². The van der Waals surface area contributed by atoms with Crippen LogP contribution in [0.5, 0.6) is 0 Å². The molecule has 1 unspecified atom stereocenters. The van der Waals surface area contributed by atoms with Gasteiger partial charge in [-0.3, -0.25) is 4.79 Å². The molecule has 1 amide bonds. The van der Waals surface area contributed by atoms with Gasteiger partial charge in [-0.05, 0) is 44.5 Å². The Morgan fingerprint density at radius 3 is 2.50 bits per heavy atom. The summed E-state index contributed by atoms with van der Waals surface area (Å²) in [6.07, 6.45) is 2.23. The van der Waals surface area contributed by atoms with Gasteiger partial charge in [0.25, 0.3) is 5.91 Å². The van der Waals surface area contributed by atoms with Crippen LogP contribution in [0.2, 0.25) is 0 Å². The first kappa shape index (κ1) is 18.4. The summed E-state index contributed by atoms with van der Waals surface area (Å²) >= 11 is 0. The number of pyridine rings is 1. The molecule has 1 atom stereocenters. The van der Waals surface area contributed by atoms with Crippen molar-refractivity contribution in [1.82, 2.24) is 4.98 Å². The number of hydrogen-bond donors (Lipinski definition) is 1. The zero-order valence-electron chi connectivity index (χ0n) is 15.0. The van der Waals surface area contributed by atoms with Crippen molar-refractivity contribution in [3.8, 4) is 0 Å². The molecule has 1 fully saturated rings. The zero-order chi connectivity index (χ0) is 18.7. The topological polar surface area (TPSA) is 79.4 Å². The van der Waals surface area contributed by atoms with Crippen molar-refractivity contribution in [2.24, 2.45) is 0 Å². The Bertz CT molecular complexity index is 877. The Hall–Kier alpha value is -2.41. The minimum atomic E-state index is -2.94. The molecular formula is C19H23N3O3S. The van der Waals surface area contributed by atoms with Crippen LogP contribution >= 0.6 is 0 Å². The zero-order valence-corrected chi connectivity index (χ0v) is 15.8. The standard InChI is InChI=1S/C19H23N3O3S/c1-3-22(17-10-11-26(24,25)13-17)18-9-8-16(12-20-18)21-19(23)15-6-4-14(2)5-7-15/h4-9,12,17H,3,10-11,13H2,1-2H3,(H,21,23). The molecule has 26 heavy (non-hydrogen) atoms. The van der Waals surface area contributed by atoms with Gasteiger partial charge < -0.3 is 10.2 Å². The molecule has 2 aromatic rings. The summed E-state index contributed by atoms with van der Waals surface area (Å²) in [5.41, 5.74) is 2.29. The third-order valence-corrected chi connectivity index (χ3v) is 6.35. The van der Waals surface area contributed by atoms with Gasteiger partial charge in [0.15, 0.2) is 9.84 Å². The number of hydrogen-bond acceptors (Lipinski definition) is 5. The van der Waals surface area contributed by atoms with E-state index in [9.17, 15) is 13.2 Å². The Morgan fingerprint density at radius 1 is 1.23 bits per heavy atom. The van der Waals surface area contributed by atoms with Crippen LogP contribution < -0.4 is 10.2 Å². The molecule has 3 rings (SSSR count). The molecule has 0 aliphatic carbocycles. The normalized spacial score (nSPS) is 18.5. The number of carbonyl (C=O) groups is 1. The third kappa shape index (κ3) is 4.22. The van der Waals surface area contributed by atoms with Crippen LogP contribution in [-0.4, -0.2) is 43.4 Å². The Balaban J connectivity index is 1.69. The summed E-state index contributed by atoms with van der Waals surface area (Å²) in [5.74, 6) is 0.949. The number of rotatable bonds is 5. The van der Waals surface area contributed by atoms with E-state index in [2.05, 4.69) is 10.3 Å². The molecule has 138 valence electrons. The summed E-state index contributed by atoms with van der Waals surface area (Å²) in [4.78, 5) is 18.7.